The fourth-order valence-corrected chi connectivity index (χ4v) is 5.02. The third kappa shape index (κ3) is 5.34. The van der Waals surface area contributed by atoms with Gasteiger partial charge in [0.1, 0.15) is 17.9 Å². The first-order chi connectivity index (χ1) is 15.9. The fourth-order valence-electron chi connectivity index (χ4n) is 5.02. The van der Waals surface area contributed by atoms with Crippen LogP contribution in [0.25, 0.3) is 0 Å². The van der Waals surface area contributed by atoms with Gasteiger partial charge in [0.2, 0.25) is 17.7 Å². The van der Waals surface area contributed by atoms with Gasteiger partial charge >= 0.3 is 0 Å². The highest BCUT2D eigenvalue weighted by atomic mass is 19.1. The first-order valence-electron chi connectivity index (χ1n) is 11.9. The van der Waals surface area contributed by atoms with E-state index in [-0.39, 0.29) is 48.8 Å². The number of rotatable bonds is 4. The van der Waals surface area contributed by atoms with Crippen LogP contribution in [0.15, 0.2) is 24.3 Å². The molecule has 1 aromatic rings. The summed E-state index contributed by atoms with van der Waals surface area (Å²) in [6, 6.07) is 3.91. The van der Waals surface area contributed by atoms with E-state index in [1.165, 1.54) is 29.2 Å². The largest absolute Gasteiger partial charge is 0.354 e. The van der Waals surface area contributed by atoms with Gasteiger partial charge in [-0.1, -0.05) is 25.3 Å². The summed E-state index contributed by atoms with van der Waals surface area (Å²) in [6.07, 6.45) is 6.01. The summed E-state index contributed by atoms with van der Waals surface area (Å²) >= 11 is 0. The average molecular weight is 459 g/mol. The van der Waals surface area contributed by atoms with E-state index in [1.807, 2.05) is 0 Å². The smallest absolute Gasteiger partial charge is 0.254 e. The molecule has 0 unspecified atom stereocenters. The monoisotopic (exact) mass is 458 g/mol. The summed E-state index contributed by atoms with van der Waals surface area (Å²) in [7, 11) is 0. The highest BCUT2D eigenvalue weighted by molar-refractivity contribution is 5.96. The lowest BCUT2D eigenvalue weighted by atomic mass is 9.87. The maximum absolute atomic E-state index is 13.6. The molecule has 2 aliphatic heterocycles. The molecule has 4 amide bonds. The molecule has 1 aromatic carbocycles. The van der Waals surface area contributed by atoms with Gasteiger partial charge < -0.3 is 20.4 Å². The maximum atomic E-state index is 13.6. The minimum absolute atomic E-state index is 0.00792. The molecule has 1 aliphatic carbocycles. The van der Waals surface area contributed by atoms with Gasteiger partial charge in [-0.3, -0.25) is 19.2 Å². The van der Waals surface area contributed by atoms with E-state index in [0.717, 1.165) is 38.5 Å². The minimum Gasteiger partial charge on any atom is -0.354 e. The predicted octanol–water partition coefficient (Wildman–Crippen LogP) is 1.45. The van der Waals surface area contributed by atoms with Crippen LogP contribution < -0.4 is 10.6 Å². The zero-order valence-corrected chi connectivity index (χ0v) is 18.7. The molecule has 2 atom stereocenters. The van der Waals surface area contributed by atoms with Crippen molar-refractivity contribution in [3.05, 3.63) is 35.6 Å². The fraction of sp³-hybridized carbons (Fsp3) is 0.583. The summed E-state index contributed by atoms with van der Waals surface area (Å²) in [5, 5.41) is 5.54. The van der Waals surface area contributed by atoms with Crippen LogP contribution in [0.5, 0.6) is 0 Å². The molecule has 0 spiro atoms. The van der Waals surface area contributed by atoms with Crippen molar-refractivity contribution in [2.75, 3.05) is 26.2 Å². The van der Waals surface area contributed by atoms with Crippen molar-refractivity contribution in [2.24, 2.45) is 5.92 Å². The molecule has 4 rings (SSSR count). The Balaban J connectivity index is 1.52. The van der Waals surface area contributed by atoms with Crippen LogP contribution in [-0.2, 0) is 14.4 Å². The molecule has 0 aromatic heterocycles. The SMILES string of the molecule is O=C(N[C@@H]1CCCNC1=O)[C@H]1CN(C(=O)c2cccc(F)c2)CCN1C(=O)C1CCCCC1. The highest BCUT2D eigenvalue weighted by Crippen LogP contribution is 2.27. The number of amides is 4. The number of carbonyl (C=O) groups excluding carboxylic acids is 4. The van der Waals surface area contributed by atoms with E-state index >= 15 is 0 Å². The first kappa shape index (κ1) is 23.2. The zero-order valence-electron chi connectivity index (χ0n) is 18.7. The molecule has 2 saturated heterocycles. The minimum atomic E-state index is -0.889. The molecule has 3 aliphatic rings. The third-order valence-corrected chi connectivity index (χ3v) is 6.88. The number of benzene rings is 1. The summed E-state index contributed by atoms with van der Waals surface area (Å²) in [4.78, 5) is 54.8. The maximum Gasteiger partial charge on any atom is 0.254 e. The van der Waals surface area contributed by atoms with Gasteiger partial charge in [0.05, 0.1) is 6.54 Å². The van der Waals surface area contributed by atoms with Gasteiger partial charge in [0, 0.05) is 31.1 Å². The third-order valence-electron chi connectivity index (χ3n) is 6.88. The van der Waals surface area contributed by atoms with Gasteiger partial charge in [-0.15, -0.1) is 0 Å². The molecule has 8 nitrogen and oxygen atoms in total. The lowest BCUT2D eigenvalue weighted by Gasteiger charge is -2.42. The van der Waals surface area contributed by atoms with Crippen molar-refractivity contribution in [1.29, 1.82) is 0 Å². The van der Waals surface area contributed by atoms with E-state index in [4.69, 9.17) is 0 Å². The van der Waals surface area contributed by atoms with Crippen molar-refractivity contribution < 1.29 is 23.6 Å². The van der Waals surface area contributed by atoms with Gasteiger partial charge in [-0.2, -0.15) is 0 Å². The quantitative estimate of drug-likeness (QED) is 0.714. The molecular formula is C24H31FN4O4. The number of halogens is 1. The zero-order chi connectivity index (χ0) is 23.4. The number of carbonyl (C=O) groups is 4. The predicted molar refractivity (Wildman–Crippen MR) is 119 cm³/mol. The molecule has 33 heavy (non-hydrogen) atoms. The standard InChI is InChI=1S/C24H31FN4O4/c25-18-9-4-8-17(14-18)23(32)28-12-13-29(24(33)16-6-2-1-3-7-16)20(15-28)22(31)27-19-10-5-11-26-21(19)30/h4,8-9,14,16,19-20H,1-3,5-7,10-13,15H2,(H,26,30)(H,27,31)/t19-,20-/m1/s1. The van der Waals surface area contributed by atoms with Crippen LogP contribution in [0, 0.1) is 11.7 Å². The lowest BCUT2D eigenvalue weighted by Crippen LogP contribution is -2.64. The number of nitrogens with zero attached hydrogens (tertiary/aromatic N) is 2. The van der Waals surface area contributed by atoms with E-state index in [2.05, 4.69) is 10.6 Å². The Kier molecular flexibility index (Phi) is 7.25. The van der Waals surface area contributed by atoms with E-state index in [9.17, 15) is 23.6 Å². The van der Waals surface area contributed by atoms with Gasteiger partial charge in [0.25, 0.3) is 5.91 Å². The Hall–Kier alpha value is -2.97. The number of hydrogen-bond acceptors (Lipinski definition) is 4. The molecule has 9 heteroatoms. The molecule has 0 radical (unpaired) electrons. The molecule has 178 valence electrons. The molecule has 0 bridgehead atoms. The van der Waals surface area contributed by atoms with Crippen molar-refractivity contribution in [1.82, 2.24) is 20.4 Å². The van der Waals surface area contributed by atoms with Crippen LogP contribution >= 0.6 is 0 Å². The molecule has 2 N–H and O–H groups in total. The van der Waals surface area contributed by atoms with Crippen LogP contribution in [0.1, 0.15) is 55.3 Å². The van der Waals surface area contributed by atoms with Crippen molar-refractivity contribution in [3.8, 4) is 0 Å². The summed E-state index contributed by atoms with van der Waals surface area (Å²) in [5.74, 6) is -1.73. The molecular weight excluding hydrogens is 427 g/mol. The second-order valence-corrected chi connectivity index (χ2v) is 9.14. The van der Waals surface area contributed by atoms with Crippen LogP contribution in [0.2, 0.25) is 0 Å². The summed E-state index contributed by atoms with van der Waals surface area (Å²) in [5.41, 5.74) is 0.202. The van der Waals surface area contributed by atoms with Gasteiger partial charge in [-0.05, 0) is 43.9 Å². The van der Waals surface area contributed by atoms with Crippen molar-refractivity contribution in [2.45, 2.75) is 57.0 Å². The van der Waals surface area contributed by atoms with E-state index in [1.54, 1.807) is 4.90 Å². The molecule has 3 fully saturated rings. The topological polar surface area (TPSA) is 98.8 Å². The lowest BCUT2D eigenvalue weighted by molar-refractivity contribution is -0.148. The highest BCUT2D eigenvalue weighted by Gasteiger charge is 2.40. The van der Waals surface area contributed by atoms with Crippen LogP contribution in [0.3, 0.4) is 0 Å². The summed E-state index contributed by atoms with van der Waals surface area (Å²) < 4.78 is 13.6. The Morgan fingerprint density at radius 1 is 1.03 bits per heavy atom. The van der Waals surface area contributed by atoms with E-state index < -0.39 is 23.8 Å². The van der Waals surface area contributed by atoms with Gasteiger partial charge in [-0.25, -0.2) is 4.39 Å². The number of hydrogen-bond donors (Lipinski definition) is 2. The number of piperidine rings is 1. The average Bonchev–Trinajstić information content (AvgIpc) is 2.84. The van der Waals surface area contributed by atoms with Crippen molar-refractivity contribution >= 4 is 23.6 Å². The number of nitrogens with one attached hydrogen (secondary N) is 2. The van der Waals surface area contributed by atoms with Crippen LogP contribution in [0.4, 0.5) is 4.39 Å². The second kappa shape index (κ2) is 10.3. The Morgan fingerprint density at radius 3 is 2.55 bits per heavy atom. The molecule has 1 saturated carbocycles. The van der Waals surface area contributed by atoms with E-state index in [0.29, 0.717) is 13.0 Å². The Bertz CT molecular complexity index is 917. The second-order valence-electron chi connectivity index (χ2n) is 9.14. The normalized spacial score (nSPS) is 24.2. The molecule has 2 heterocycles. The van der Waals surface area contributed by atoms with Crippen LogP contribution in [-0.4, -0.2) is 71.7 Å². The first-order valence-corrected chi connectivity index (χ1v) is 11.9. The van der Waals surface area contributed by atoms with Crippen molar-refractivity contribution in [3.63, 3.8) is 0 Å². The Labute approximate surface area is 192 Å². The summed E-state index contributed by atoms with van der Waals surface area (Å²) in [6.45, 7) is 1.08. The van der Waals surface area contributed by atoms with Gasteiger partial charge in [0.15, 0.2) is 0 Å². The Morgan fingerprint density at radius 2 is 1.82 bits per heavy atom. The number of piperazine rings is 1.